The molecule has 2 N–H and O–H groups in total. The SMILES string of the molecule is Cc1nc(Nc2ccc(Oc3ccc(C)c(C)c3)cc2)nc(N2CCN(CCO)CC2)n1. The van der Waals surface area contributed by atoms with Crippen LogP contribution in [0.25, 0.3) is 0 Å². The average Bonchev–Trinajstić information content (AvgIpc) is 2.78. The van der Waals surface area contributed by atoms with Crippen molar-refractivity contribution in [1.82, 2.24) is 19.9 Å². The maximum Gasteiger partial charge on any atom is 0.232 e. The third-order valence-electron chi connectivity index (χ3n) is 5.63. The molecule has 8 nitrogen and oxygen atoms in total. The Balaban J connectivity index is 1.41. The van der Waals surface area contributed by atoms with Crippen molar-refractivity contribution in [2.75, 3.05) is 49.5 Å². The number of benzene rings is 2. The molecule has 4 rings (SSSR count). The fourth-order valence-corrected chi connectivity index (χ4v) is 3.63. The predicted octanol–water partition coefficient (Wildman–Crippen LogP) is 3.45. The second-order valence-electron chi connectivity index (χ2n) is 8.06. The summed E-state index contributed by atoms with van der Waals surface area (Å²) in [7, 11) is 0. The van der Waals surface area contributed by atoms with Crippen LogP contribution in [0.5, 0.6) is 11.5 Å². The zero-order valence-electron chi connectivity index (χ0n) is 18.9. The molecule has 0 spiro atoms. The van der Waals surface area contributed by atoms with E-state index in [0.717, 1.165) is 43.4 Å². The monoisotopic (exact) mass is 434 g/mol. The van der Waals surface area contributed by atoms with E-state index in [9.17, 15) is 0 Å². The Bertz CT molecular complexity index is 1050. The maximum absolute atomic E-state index is 9.12. The highest BCUT2D eigenvalue weighted by Gasteiger charge is 2.19. The number of aryl methyl sites for hydroxylation is 3. The van der Waals surface area contributed by atoms with Gasteiger partial charge in [0.15, 0.2) is 0 Å². The molecular formula is C24H30N6O2. The van der Waals surface area contributed by atoms with Gasteiger partial charge in [-0.25, -0.2) is 0 Å². The van der Waals surface area contributed by atoms with Crippen molar-refractivity contribution in [1.29, 1.82) is 0 Å². The molecule has 0 saturated carbocycles. The van der Waals surface area contributed by atoms with Crippen LogP contribution in [0.2, 0.25) is 0 Å². The van der Waals surface area contributed by atoms with E-state index in [1.807, 2.05) is 43.3 Å². The number of aliphatic hydroxyl groups is 1. The fourth-order valence-electron chi connectivity index (χ4n) is 3.63. The van der Waals surface area contributed by atoms with Crippen LogP contribution in [0, 0.1) is 20.8 Å². The zero-order chi connectivity index (χ0) is 22.5. The predicted molar refractivity (Wildman–Crippen MR) is 126 cm³/mol. The molecule has 1 fully saturated rings. The lowest BCUT2D eigenvalue weighted by Gasteiger charge is -2.34. The number of hydrogen-bond donors (Lipinski definition) is 2. The number of ether oxygens (including phenoxy) is 1. The highest BCUT2D eigenvalue weighted by Crippen LogP contribution is 2.26. The summed E-state index contributed by atoms with van der Waals surface area (Å²) >= 11 is 0. The van der Waals surface area contributed by atoms with E-state index in [4.69, 9.17) is 9.84 Å². The summed E-state index contributed by atoms with van der Waals surface area (Å²) in [6.45, 7) is 10.4. The number of rotatable bonds is 7. The molecule has 0 bridgehead atoms. The van der Waals surface area contributed by atoms with Crippen LogP contribution in [0.1, 0.15) is 17.0 Å². The second kappa shape index (κ2) is 9.93. The average molecular weight is 435 g/mol. The number of piperazine rings is 1. The van der Waals surface area contributed by atoms with Crippen LogP contribution >= 0.6 is 0 Å². The van der Waals surface area contributed by atoms with E-state index in [1.165, 1.54) is 11.1 Å². The van der Waals surface area contributed by atoms with Gasteiger partial charge < -0.3 is 20.1 Å². The smallest absolute Gasteiger partial charge is 0.232 e. The maximum atomic E-state index is 9.12. The molecule has 2 aromatic carbocycles. The number of aliphatic hydroxyl groups excluding tert-OH is 1. The number of β-amino-alcohol motifs (C(OH)–C–C–N with tert-alkyl or cyclic N) is 1. The summed E-state index contributed by atoms with van der Waals surface area (Å²) in [5, 5.41) is 12.4. The van der Waals surface area contributed by atoms with E-state index < -0.39 is 0 Å². The van der Waals surface area contributed by atoms with Gasteiger partial charge in [-0.05, 0) is 68.3 Å². The molecule has 1 aromatic heterocycles. The molecule has 0 radical (unpaired) electrons. The number of aromatic nitrogens is 3. The van der Waals surface area contributed by atoms with Gasteiger partial charge >= 0.3 is 0 Å². The third-order valence-corrected chi connectivity index (χ3v) is 5.63. The minimum absolute atomic E-state index is 0.188. The molecule has 0 amide bonds. The summed E-state index contributed by atoms with van der Waals surface area (Å²) in [6, 6.07) is 13.8. The van der Waals surface area contributed by atoms with E-state index >= 15 is 0 Å². The summed E-state index contributed by atoms with van der Waals surface area (Å²) in [4.78, 5) is 18.0. The number of hydrogen-bond acceptors (Lipinski definition) is 8. The number of anilines is 3. The third kappa shape index (κ3) is 5.52. The summed E-state index contributed by atoms with van der Waals surface area (Å²) in [6.07, 6.45) is 0. The van der Waals surface area contributed by atoms with Crippen molar-refractivity contribution in [2.24, 2.45) is 0 Å². The molecule has 1 saturated heterocycles. The fraction of sp³-hybridized carbons (Fsp3) is 0.375. The number of nitrogens with one attached hydrogen (secondary N) is 1. The van der Waals surface area contributed by atoms with Crippen molar-refractivity contribution in [3.63, 3.8) is 0 Å². The Kier molecular flexibility index (Phi) is 6.82. The lowest BCUT2D eigenvalue weighted by atomic mass is 10.1. The minimum Gasteiger partial charge on any atom is -0.457 e. The van der Waals surface area contributed by atoms with Crippen molar-refractivity contribution < 1.29 is 9.84 Å². The van der Waals surface area contributed by atoms with Crippen molar-refractivity contribution >= 4 is 17.6 Å². The first-order chi connectivity index (χ1) is 15.5. The standard InChI is InChI=1S/C24H30N6O2/c1-17-4-7-22(16-18(17)2)32-21-8-5-20(6-9-21)27-23-25-19(3)26-24(28-23)30-12-10-29(11-13-30)14-15-31/h4-9,16,31H,10-15H2,1-3H3,(H,25,26,27,28). The molecule has 8 heteroatoms. The first-order valence-corrected chi connectivity index (χ1v) is 10.9. The molecule has 0 aliphatic carbocycles. The molecule has 168 valence electrons. The Morgan fingerprint density at radius 2 is 1.59 bits per heavy atom. The Morgan fingerprint density at radius 3 is 2.28 bits per heavy atom. The molecule has 0 unspecified atom stereocenters. The van der Waals surface area contributed by atoms with Crippen LogP contribution in [-0.4, -0.2) is 64.3 Å². The van der Waals surface area contributed by atoms with Gasteiger partial charge in [-0.15, -0.1) is 0 Å². The van der Waals surface area contributed by atoms with Gasteiger partial charge in [-0.2, -0.15) is 15.0 Å². The van der Waals surface area contributed by atoms with Gasteiger partial charge in [0.2, 0.25) is 11.9 Å². The molecule has 1 aliphatic rings. The van der Waals surface area contributed by atoms with E-state index in [2.05, 4.69) is 50.0 Å². The van der Waals surface area contributed by atoms with Gasteiger partial charge in [0.05, 0.1) is 6.61 Å². The van der Waals surface area contributed by atoms with Crippen LogP contribution in [-0.2, 0) is 0 Å². The molecule has 0 atom stereocenters. The van der Waals surface area contributed by atoms with Gasteiger partial charge in [0.25, 0.3) is 0 Å². The molecule has 2 heterocycles. The Hall–Kier alpha value is -3.23. The minimum atomic E-state index is 0.188. The first-order valence-electron chi connectivity index (χ1n) is 10.9. The Labute approximate surface area is 188 Å². The Morgan fingerprint density at radius 1 is 0.875 bits per heavy atom. The molecule has 1 aliphatic heterocycles. The summed E-state index contributed by atoms with van der Waals surface area (Å²) in [5.41, 5.74) is 3.33. The quantitative estimate of drug-likeness (QED) is 0.585. The van der Waals surface area contributed by atoms with Crippen LogP contribution in [0.4, 0.5) is 17.6 Å². The van der Waals surface area contributed by atoms with Crippen LogP contribution < -0.4 is 15.0 Å². The van der Waals surface area contributed by atoms with Gasteiger partial charge in [-0.3, -0.25) is 4.90 Å². The van der Waals surface area contributed by atoms with Gasteiger partial charge in [0.1, 0.15) is 17.3 Å². The van der Waals surface area contributed by atoms with Crippen molar-refractivity contribution in [3.05, 3.63) is 59.4 Å². The van der Waals surface area contributed by atoms with E-state index in [-0.39, 0.29) is 6.61 Å². The second-order valence-corrected chi connectivity index (χ2v) is 8.06. The normalized spacial score (nSPS) is 14.4. The highest BCUT2D eigenvalue weighted by molar-refractivity contribution is 5.56. The lowest BCUT2D eigenvalue weighted by Crippen LogP contribution is -2.47. The molecule has 3 aromatic rings. The van der Waals surface area contributed by atoms with Crippen LogP contribution in [0.15, 0.2) is 42.5 Å². The van der Waals surface area contributed by atoms with Gasteiger partial charge in [-0.1, -0.05) is 6.07 Å². The highest BCUT2D eigenvalue weighted by atomic mass is 16.5. The van der Waals surface area contributed by atoms with E-state index in [1.54, 1.807) is 0 Å². The topological polar surface area (TPSA) is 86.6 Å². The van der Waals surface area contributed by atoms with Crippen molar-refractivity contribution in [2.45, 2.75) is 20.8 Å². The van der Waals surface area contributed by atoms with Gasteiger partial charge in [0, 0.05) is 38.4 Å². The van der Waals surface area contributed by atoms with Crippen molar-refractivity contribution in [3.8, 4) is 11.5 Å². The molecular weight excluding hydrogens is 404 g/mol. The summed E-state index contributed by atoms with van der Waals surface area (Å²) < 4.78 is 5.97. The van der Waals surface area contributed by atoms with E-state index in [0.29, 0.717) is 24.3 Å². The summed E-state index contributed by atoms with van der Waals surface area (Å²) in [5.74, 6) is 3.47. The number of nitrogens with zero attached hydrogens (tertiary/aromatic N) is 5. The largest absolute Gasteiger partial charge is 0.457 e. The first kappa shape index (κ1) is 22.0. The zero-order valence-corrected chi connectivity index (χ0v) is 18.9. The van der Waals surface area contributed by atoms with Crippen LogP contribution in [0.3, 0.4) is 0 Å². The molecule has 32 heavy (non-hydrogen) atoms. The lowest BCUT2D eigenvalue weighted by molar-refractivity contribution is 0.188.